The van der Waals surface area contributed by atoms with Crippen molar-refractivity contribution in [1.82, 2.24) is 24.5 Å². The lowest BCUT2D eigenvalue weighted by molar-refractivity contribution is -0.122. The molecule has 0 aliphatic heterocycles. The van der Waals surface area contributed by atoms with Crippen LogP contribution in [0.3, 0.4) is 0 Å². The zero-order valence-corrected chi connectivity index (χ0v) is 13.6. The minimum absolute atomic E-state index is 0.105. The van der Waals surface area contributed by atoms with Crippen LogP contribution in [-0.2, 0) is 11.3 Å². The van der Waals surface area contributed by atoms with E-state index in [0.717, 1.165) is 11.0 Å². The predicted molar refractivity (Wildman–Crippen MR) is 91.4 cm³/mol. The van der Waals surface area contributed by atoms with Crippen LogP contribution in [0.4, 0.5) is 4.39 Å². The van der Waals surface area contributed by atoms with Crippen molar-refractivity contribution in [1.29, 1.82) is 0 Å². The van der Waals surface area contributed by atoms with E-state index in [0.29, 0.717) is 11.3 Å². The molecule has 0 saturated carbocycles. The van der Waals surface area contributed by atoms with Gasteiger partial charge in [0.1, 0.15) is 12.4 Å². The number of fused-ring (bicyclic) bond motifs is 2. The van der Waals surface area contributed by atoms with Crippen molar-refractivity contribution in [3.05, 3.63) is 66.5 Å². The number of amides is 1. The Balaban J connectivity index is 1.52. The Kier molecular flexibility index (Phi) is 3.68. The summed E-state index contributed by atoms with van der Waals surface area (Å²) in [7, 11) is 0. The van der Waals surface area contributed by atoms with Gasteiger partial charge in [-0.2, -0.15) is 0 Å². The molecule has 1 amide bonds. The van der Waals surface area contributed by atoms with Crippen molar-refractivity contribution in [2.24, 2.45) is 0 Å². The molecule has 4 rings (SSSR count). The van der Waals surface area contributed by atoms with Crippen molar-refractivity contribution in [2.45, 2.75) is 19.5 Å². The van der Waals surface area contributed by atoms with E-state index in [1.807, 2.05) is 41.8 Å². The summed E-state index contributed by atoms with van der Waals surface area (Å²) < 4.78 is 17.0. The van der Waals surface area contributed by atoms with Gasteiger partial charge in [0.2, 0.25) is 5.91 Å². The van der Waals surface area contributed by atoms with Crippen molar-refractivity contribution >= 4 is 22.5 Å². The molecule has 1 atom stereocenters. The minimum atomic E-state index is -0.323. The third-order valence-corrected chi connectivity index (χ3v) is 4.15. The Hall–Kier alpha value is -3.22. The van der Waals surface area contributed by atoms with Gasteiger partial charge in [-0.25, -0.2) is 4.39 Å². The fourth-order valence-electron chi connectivity index (χ4n) is 2.96. The van der Waals surface area contributed by atoms with Gasteiger partial charge in [0.25, 0.3) is 0 Å². The molecule has 0 aliphatic carbocycles. The average Bonchev–Trinajstić information content (AvgIpc) is 3.19. The number of pyridine rings is 1. The first kappa shape index (κ1) is 15.3. The lowest BCUT2D eigenvalue weighted by Gasteiger charge is -2.13. The molecular formula is C18H16FN5O. The molecule has 7 heteroatoms. The van der Waals surface area contributed by atoms with Crippen LogP contribution >= 0.6 is 0 Å². The predicted octanol–water partition coefficient (Wildman–Crippen LogP) is 2.70. The normalized spacial score (nSPS) is 12.6. The molecule has 4 aromatic rings. The van der Waals surface area contributed by atoms with E-state index in [9.17, 15) is 9.18 Å². The first-order valence-corrected chi connectivity index (χ1v) is 7.95. The Bertz CT molecular complexity index is 1070. The molecule has 0 spiro atoms. The minimum Gasteiger partial charge on any atom is -0.345 e. The molecule has 126 valence electrons. The molecular weight excluding hydrogens is 321 g/mol. The van der Waals surface area contributed by atoms with E-state index in [-0.39, 0.29) is 24.3 Å². The number of hydrogen-bond donors (Lipinski definition) is 1. The van der Waals surface area contributed by atoms with Crippen LogP contribution in [-0.4, -0.2) is 25.1 Å². The van der Waals surface area contributed by atoms with E-state index in [2.05, 4.69) is 15.5 Å². The molecule has 25 heavy (non-hydrogen) atoms. The molecule has 0 radical (unpaired) electrons. The van der Waals surface area contributed by atoms with Gasteiger partial charge in [-0.15, -0.1) is 10.2 Å². The largest absolute Gasteiger partial charge is 0.345 e. The zero-order valence-electron chi connectivity index (χ0n) is 13.6. The van der Waals surface area contributed by atoms with Crippen LogP contribution in [0, 0.1) is 5.82 Å². The van der Waals surface area contributed by atoms with Gasteiger partial charge in [-0.1, -0.05) is 6.07 Å². The van der Waals surface area contributed by atoms with Crippen molar-refractivity contribution in [3.63, 3.8) is 0 Å². The van der Waals surface area contributed by atoms with Gasteiger partial charge in [-0.3, -0.25) is 9.20 Å². The monoisotopic (exact) mass is 337 g/mol. The van der Waals surface area contributed by atoms with Crippen LogP contribution in [0.2, 0.25) is 0 Å². The van der Waals surface area contributed by atoms with Crippen LogP contribution in [0.5, 0.6) is 0 Å². The highest BCUT2D eigenvalue weighted by Gasteiger charge is 2.16. The maximum absolute atomic E-state index is 13.4. The zero-order chi connectivity index (χ0) is 17.4. The topological polar surface area (TPSA) is 64.2 Å². The number of aromatic nitrogens is 4. The number of carbonyl (C=O) groups excluding carboxylic acids is 1. The maximum atomic E-state index is 13.4. The van der Waals surface area contributed by atoms with Gasteiger partial charge in [0.15, 0.2) is 11.5 Å². The van der Waals surface area contributed by atoms with Crippen molar-refractivity contribution in [3.8, 4) is 0 Å². The third-order valence-electron chi connectivity index (χ3n) is 4.15. The van der Waals surface area contributed by atoms with Gasteiger partial charge < -0.3 is 9.88 Å². The fraction of sp³-hybridized carbons (Fsp3) is 0.167. The summed E-state index contributed by atoms with van der Waals surface area (Å²) in [6, 6.07) is 11.7. The summed E-state index contributed by atoms with van der Waals surface area (Å²) in [5, 5.41) is 12.0. The van der Waals surface area contributed by atoms with Gasteiger partial charge in [0.05, 0.1) is 11.6 Å². The second-order valence-electron chi connectivity index (χ2n) is 5.92. The quantitative estimate of drug-likeness (QED) is 0.623. The highest BCUT2D eigenvalue weighted by molar-refractivity contribution is 5.83. The fourth-order valence-corrected chi connectivity index (χ4v) is 2.96. The van der Waals surface area contributed by atoms with Gasteiger partial charge in [-0.05, 0) is 48.7 Å². The first-order chi connectivity index (χ1) is 12.1. The van der Waals surface area contributed by atoms with E-state index >= 15 is 0 Å². The first-order valence-electron chi connectivity index (χ1n) is 7.95. The number of nitrogens with zero attached hydrogens (tertiary/aromatic N) is 4. The number of hydrogen-bond acceptors (Lipinski definition) is 3. The molecule has 0 aliphatic rings. The molecule has 6 nitrogen and oxygen atoms in total. The molecule has 3 heterocycles. The third kappa shape index (κ3) is 2.84. The molecule has 0 bridgehead atoms. The Morgan fingerprint density at radius 2 is 2.08 bits per heavy atom. The Morgan fingerprint density at radius 3 is 2.96 bits per heavy atom. The highest BCUT2D eigenvalue weighted by Crippen LogP contribution is 2.17. The second-order valence-corrected chi connectivity index (χ2v) is 5.92. The Labute approximate surface area is 142 Å². The van der Waals surface area contributed by atoms with Crippen LogP contribution in [0.1, 0.15) is 18.8 Å². The lowest BCUT2D eigenvalue weighted by atomic mass is 10.2. The molecule has 0 fully saturated rings. The molecule has 3 aromatic heterocycles. The van der Waals surface area contributed by atoms with Crippen LogP contribution in [0.15, 0.2) is 54.9 Å². The number of nitrogens with one attached hydrogen (secondary N) is 1. The molecule has 1 N–H and O–H groups in total. The van der Waals surface area contributed by atoms with Gasteiger partial charge in [0, 0.05) is 12.4 Å². The van der Waals surface area contributed by atoms with E-state index in [4.69, 9.17) is 0 Å². The van der Waals surface area contributed by atoms with Crippen LogP contribution < -0.4 is 5.32 Å². The SMILES string of the molecule is C[C@H](NC(=O)Cn1ccc2ccc(F)cc21)c1nnc2ccccn12. The summed E-state index contributed by atoms with van der Waals surface area (Å²) in [5.74, 6) is 0.158. The number of halogens is 1. The Morgan fingerprint density at radius 1 is 1.20 bits per heavy atom. The highest BCUT2D eigenvalue weighted by atomic mass is 19.1. The smallest absolute Gasteiger partial charge is 0.240 e. The summed E-state index contributed by atoms with van der Waals surface area (Å²) in [5.41, 5.74) is 1.42. The summed E-state index contributed by atoms with van der Waals surface area (Å²) in [4.78, 5) is 12.4. The summed E-state index contributed by atoms with van der Waals surface area (Å²) in [6.45, 7) is 1.96. The summed E-state index contributed by atoms with van der Waals surface area (Å²) >= 11 is 0. The number of benzene rings is 1. The second kappa shape index (κ2) is 6.01. The van der Waals surface area contributed by atoms with E-state index in [1.165, 1.54) is 12.1 Å². The van der Waals surface area contributed by atoms with Crippen molar-refractivity contribution in [2.75, 3.05) is 0 Å². The van der Waals surface area contributed by atoms with E-state index in [1.54, 1.807) is 16.8 Å². The van der Waals surface area contributed by atoms with E-state index < -0.39 is 0 Å². The molecule has 1 aromatic carbocycles. The number of rotatable bonds is 4. The average molecular weight is 337 g/mol. The van der Waals surface area contributed by atoms with Crippen LogP contribution in [0.25, 0.3) is 16.6 Å². The van der Waals surface area contributed by atoms with Gasteiger partial charge >= 0.3 is 0 Å². The maximum Gasteiger partial charge on any atom is 0.240 e. The molecule has 0 saturated heterocycles. The van der Waals surface area contributed by atoms with Crippen molar-refractivity contribution < 1.29 is 9.18 Å². The lowest BCUT2D eigenvalue weighted by Crippen LogP contribution is -2.31. The number of carbonyl (C=O) groups is 1. The molecule has 0 unspecified atom stereocenters. The summed E-state index contributed by atoms with van der Waals surface area (Å²) in [6.07, 6.45) is 3.64. The standard InChI is InChI=1S/C18H16FN5O/c1-12(18-22-21-16-4-2-3-8-24(16)18)20-17(25)11-23-9-7-13-5-6-14(19)10-15(13)23/h2-10,12H,11H2,1H3,(H,20,25)/t12-/m0/s1.